The fourth-order valence-electron chi connectivity index (χ4n) is 2.24. The molecule has 3 rings (SSSR count). The van der Waals surface area contributed by atoms with Crippen LogP contribution in [0.15, 0.2) is 53.0 Å². The molecule has 1 atom stereocenters. The van der Waals surface area contributed by atoms with E-state index in [9.17, 15) is 4.79 Å². The molecule has 1 aromatic heterocycles. The maximum Gasteiger partial charge on any atom is 0.254 e. The van der Waals surface area contributed by atoms with E-state index < -0.39 is 0 Å². The normalized spacial score (nSPS) is 12.3. The fourth-order valence-corrected chi connectivity index (χ4v) is 3.70. The van der Waals surface area contributed by atoms with Crippen LogP contribution in [0.2, 0.25) is 0 Å². The molecule has 0 radical (unpaired) electrons. The zero-order chi connectivity index (χ0) is 15.7. The summed E-state index contributed by atoms with van der Waals surface area (Å²) in [5.74, 6) is -0.00643. The summed E-state index contributed by atoms with van der Waals surface area (Å²) in [7, 11) is 1.82. The van der Waals surface area contributed by atoms with Gasteiger partial charge in [-0.25, -0.2) is 4.98 Å². The fraction of sp³-hybridized carbons (Fsp3) is 0.176. The van der Waals surface area contributed by atoms with Gasteiger partial charge in [-0.2, -0.15) is 0 Å². The molecule has 0 aliphatic heterocycles. The smallest absolute Gasteiger partial charge is 0.254 e. The second-order valence-electron chi connectivity index (χ2n) is 5.12. The van der Waals surface area contributed by atoms with Crippen molar-refractivity contribution < 1.29 is 4.79 Å². The van der Waals surface area contributed by atoms with Crippen LogP contribution >= 0.6 is 27.3 Å². The Morgan fingerprint density at radius 2 is 2.00 bits per heavy atom. The molecule has 3 aromatic rings. The molecule has 0 bridgehead atoms. The van der Waals surface area contributed by atoms with Gasteiger partial charge < -0.3 is 4.90 Å². The predicted molar refractivity (Wildman–Crippen MR) is 94.3 cm³/mol. The van der Waals surface area contributed by atoms with Crippen LogP contribution < -0.4 is 0 Å². The minimum atomic E-state index is -0.0659. The third kappa shape index (κ3) is 2.91. The molecule has 22 heavy (non-hydrogen) atoms. The maximum absolute atomic E-state index is 12.6. The van der Waals surface area contributed by atoms with Gasteiger partial charge in [0.15, 0.2) is 0 Å². The zero-order valence-corrected chi connectivity index (χ0v) is 14.7. The molecule has 0 fully saturated rings. The van der Waals surface area contributed by atoms with Crippen LogP contribution in [-0.4, -0.2) is 22.8 Å². The van der Waals surface area contributed by atoms with E-state index in [0.29, 0.717) is 5.56 Å². The summed E-state index contributed by atoms with van der Waals surface area (Å²) < 4.78 is 2.05. The van der Waals surface area contributed by atoms with Crippen LogP contribution in [0.25, 0.3) is 10.2 Å². The van der Waals surface area contributed by atoms with Crippen molar-refractivity contribution in [3.05, 3.63) is 63.6 Å². The Morgan fingerprint density at radius 3 is 2.73 bits per heavy atom. The highest BCUT2D eigenvalue weighted by molar-refractivity contribution is 9.10. The van der Waals surface area contributed by atoms with Gasteiger partial charge in [0.25, 0.3) is 5.91 Å². The van der Waals surface area contributed by atoms with Gasteiger partial charge in [-0.1, -0.05) is 34.1 Å². The zero-order valence-electron chi connectivity index (χ0n) is 12.3. The number of halogens is 1. The molecule has 1 heterocycles. The molecule has 1 amide bonds. The molecule has 112 valence electrons. The number of nitrogens with zero attached hydrogens (tertiary/aromatic N) is 2. The van der Waals surface area contributed by atoms with E-state index in [1.54, 1.807) is 16.2 Å². The standard InChI is InChI=1S/C17H15BrN2OS/c1-11(16-19-14-8-3-4-9-15(14)22-16)20(2)17(21)12-6-5-7-13(18)10-12/h3-11H,1-2H3/t11-/m0/s1. The summed E-state index contributed by atoms with van der Waals surface area (Å²) in [6, 6.07) is 15.4. The van der Waals surface area contributed by atoms with E-state index in [0.717, 1.165) is 19.7 Å². The highest BCUT2D eigenvalue weighted by atomic mass is 79.9. The number of para-hydroxylation sites is 1. The van der Waals surface area contributed by atoms with Crippen LogP contribution in [-0.2, 0) is 0 Å². The van der Waals surface area contributed by atoms with Gasteiger partial charge in [-0.15, -0.1) is 11.3 Å². The predicted octanol–water partition coefficient (Wildman–Crippen LogP) is 4.89. The number of fused-ring (bicyclic) bond motifs is 1. The Morgan fingerprint density at radius 1 is 1.23 bits per heavy atom. The molecular formula is C17H15BrN2OS. The Balaban J connectivity index is 1.87. The number of benzene rings is 2. The molecule has 0 saturated heterocycles. The van der Waals surface area contributed by atoms with Gasteiger partial charge in [0, 0.05) is 17.1 Å². The molecule has 0 aliphatic rings. The van der Waals surface area contributed by atoms with Crippen molar-refractivity contribution in [3.63, 3.8) is 0 Å². The SMILES string of the molecule is C[C@@H](c1nc2ccccc2s1)N(C)C(=O)c1cccc(Br)c1. The number of carbonyl (C=O) groups excluding carboxylic acids is 1. The second kappa shape index (κ2) is 6.18. The molecule has 0 spiro atoms. The molecule has 0 saturated carbocycles. The average Bonchev–Trinajstić information content (AvgIpc) is 2.96. The van der Waals surface area contributed by atoms with Crippen molar-refractivity contribution in [3.8, 4) is 0 Å². The minimum absolute atomic E-state index is 0.00643. The third-order valence-electron chi connectivity index (χ3n) is 3.64. The van der Waals surface area contributed by atoms with E-state index in [-0.39, 0.29) is 11.9 Å². The topological polar surface area (TPSA) is 33.2 Å². The first kappa shape index (κ1) is 15.2. The van der Waals surface area contributed by atoms with Gasteiger partial charge in [-0.3, -0.25) is 4.79 Å². The summed E-state index contributed by atoms with van der Waals surface area (Å²) in [6.07, 6.45) is 0. The molecular weight excluding hydrogens is 360 g/mol. The number of thiazole rings is 1. The van der Waals surface area contributed by atoms with E-state index in [1.165, 1.54) is 0 Å². The average molecular weight is 375 g/mol. The molecule has 0 N–H and O–H groups in total. The van der Waals surface area contributed by atoms with Crippen LogP contribution in [0.4, 0.5) is 0 Å². The van der Waals surface area contributed by atoms with Crippen LogP contribution in [0, 0.1) is 0 Å². The first-order chi connectivity index (χ1) is 10.6. The molecule has 0 aliphatic carbocycles. The van der Waals surface area contributed by atoms with E-state index in [1.807, 2.05) is 56.4 Å². The van der Waals surface area contributed by atoms with Crippen molar-refractivity contribution in [1.82, 2.24) is 9.88 Å². The number of aromatic nitrogens is 1. The van der Waals surface area contributed by atoms with Gasteiger partial charge in [0.1, 0.15) is 5.01 Å². The number of hydrogen-bond acceptors (Lipinski definition) is 3. The van der Waals surface area contributed by atoms with E-state index in [4.69, 9.17) is 0 Å². The molecule has 2 aromatic carbocycles. The van der Waals surface area contributed by atoms with E-state index in [2.05, 4.69) is 27.0 Å². The highest BCUT2D eigenvalue weighted by Gasteiger charge is 2.21. The highest BCUT2D eigenvalue weighted by Crippen LogP contribution is 2.29. The lowest BCUT2D eigenvalue weighted by Gasteiger charge is -2.23. The monoisotopic (exact) mass is 374 g/mol. The summed E-state index contributed by atoms with van der Waals surface area (Å²) >= 11 is 5.04. The lowest BCUT2D eigenvalue weighted by molar-refractivity contribution is 0.0742. The number of amides is 1. The number of carbonyl (C=O) groups is 1. The maximum atomic E-state index is 12.6. The lowest BCUT2D eigenvalue weighted by atomic mass is 10.2. The summed E-state index contributed by atoms with van der Waals surface area (Å²) in [4.78, 5) is 19.0. The molecule has 5 heteroatoms. The summed E-state index contributed by atoms with van der Waals surface area (Å²) in [6.45, 7) is 2.01. The summed E-state index contributed by atoms with van der Waals surface area (Å²) in [5, 5.41) is 0.951. The Bertz CT molecular complexity index is 797. The molecule has 3 nitrogen and oxygen atoms in total. The Labute approximate surface area is 141 Å². The Kier molecular flexibility index (Phi) is 4.27. The second-order valence-corrected chi connectivity index (χ2v) is 7.10. The van der Waals surface area contributed by atoms with Crippen molar-refractivity contribution in [1.29, 1.82) is 0 Å². The lowest BCUT2D eigenvalue weighted by Crippen LogP contribution is -2.29. The number of hydrogen-bond donors (Lipinski definition) is 0. The van der Waals surface area contributed by atoms with Gasteiger partial charge in [0.2, 0.25) is 0 Å². The van der Waals surface area contributed by atoms with Gasteiger partial charge in [-0.05, 0) is 37.3 Å². The number of rotatable bonds is 3. The van der Waals surface area contributed by atoms with Crippen molar-refractivity contribution in [2.24, 2.45) is 0 Å². The third-order valence-corrected chi connectivity index (χ3v) is 5.34. The van der Waals surface area contributed by atoms with Gasteiger partial charge >= 0.3 is 0 Å². The Hall–Kier alpha value is -1.72. The van der Waals surface area contributed by atoms with Crippen molar-refractivity contribution >= 4 is 43.4 Å². The van der Waals surface area contributed by atoms with Crippen LogP contribution in [0.5, 0.6) is 0 Å². The first-order valence-electron chi connectivity index (χ1n) is 6.94. The summed E-state index contributed by atoms with van der Waals surface area (Å²) in [5.41, 5.74) is 1.66. The molecule has 0 unspecified atom stereocenters. The van der Waals surface area contributed by atoms with Crippen LogP contribution in [0.1, 0.15) is 28.3 Å². The van der Waals surface area contributed by atoms with Crippen molar-refractivity contribution in [2.75, 3.05) is 7.05 Å². The quantitative estimate of drug-likeness (QED) is 0.653. The largest absolute Gasteiger partial charge is 0.333 e. The first-order valence-corrected chi connectivity index (χ1v) is 8.55. The van der Waals surface area contributed by atoms with Crippen molar-refractivity contribution in [2.45, 2.75) is 13.0 Å². The van der Waals surface area contributed by atoms with Gasteiger partial charge in [0.05, 0.1) is 16.3 Å². The minimum Gasteiger partial charge on any atom is -0.333 e. The van der Waals surface area contributed by atoms with Crippen LogP contribution in [0.3, 0.4) is 0 Å². The van der Waals surface area contributed by atoms with E-state index >= 15 is 0 Å².